The van der Waals surface area contributed by atoms with Gasteiger partial charge in [0.2, 0.25) is 11.8 Å². The number of nitrogens with one attached hydrogen (secondary N) is 1. The van der Waals surface area contributed by atoms with E-state index in [-0.39, 0.29) is 17.9 Å². The van der Waals surface area contributed by atoms with Gasteiger partial charge in [0.25, 0.3) is 0 Å². The van der Waals surface area contributed by atoms with E-state index in [1.54, 1.807) is 24.5 Å². The summed E-state index contributed by atoms with van der Waals surface area (Å²) in [6.45, 7) is 3.35. The quantitative estimate of drug-likeness (QED) is 0.266. The maximum absolute atomic E-state index is 14.6. The second-order valence-corrected chi connectivity index (χ2v) is 10.7. The van der Waals surface area contributed by atoms with Crippen LogP contribution in [-0.2, 0) is 6.54 Å². The fourth-order valence-corrected chi connectivity index (χ4v) is 5.74. The summed E-state index contributed by atoms with van der Waals surface area (Å²) < 4.78 is 22.7. The first-order valence-corrected chi connectivity index (χ1v) is 13.3. The number of aromatic hydroxyl groups is 1. The molecule has 0 amide bonds. The molecule has 9 nitrogen and oxygen atoms in total. The number of hydrogen-bond acceptors (Lipinski definition) is 8. The summed E-state index contributed by atoms with van der Waals surface area (Å²) in [7, 11) is 4.06. The van der Waals surface area contributed by atoms with Crippen LogP contribution < -0.4 is 15.0 Å². The lowest BCUT2D eigenvalue weighted by molar-refractivity contribution is 0.275. The van der Waals surface area contributed by atoms with Crippen LogP contribution >= 0.6 is 0 Å². The highest BCUT2D eigenvalue weighted by Gasteiger charge is 2.34. The number of imidazole rings is 1. The van der Waals surface area contributed by atoms with Crippen molar-refractivity contribution in [1.29, 1.82) is 0 Å². The molecule has 0 saturated carbocycles. The Morgan fingerprint density at radius 1 is 1.21 bits per heavy atom. The number of phenolic OH excluding ortho intramolecular Hbond substituents is 1. The number of hydrogen-bond donors (Lipinski definition) is 2. The third-order valence-electron chi connectivity index (χ3n) is 7.53. The highest BCUT2D eigenvalue weighted by molar-refractivity contribution is 5.92. The first kappa shape index (κ1) is 25.3. The van der Waals surface area contributed by atoms with Gasteiger partial charge in [-0.25, -0.2) is 9.37 Å². The fourth-order valence-electron chi connectivity index (χ4n) is 5.74. The van der Waals surface area contributed by atoms with E-state index in [2.05, 4.69) is 26.0 Å². The maximum Gasteiger partial charge on any atom is 0.247 e. The van der Waals surface area contributed by atoms with E-state index >= 15 is 0 Å². The third kappa shape index (κ3) is 4.95. The molecule has 2 N–H and O–H groups in total. The van der Waals surface area contributed by atoms with Crippen molar-refractivity contribution in [1.82, 2.24) is 29.7 Å². The van der Waals surface area contributed by atoms with E-state index < -0.39 is 5.82 Å². The minimum atomic E-state index is -0.473. The third-order valence-corrected chi connectivity index (χ3v) is 7.53. The number of terminal acetylenes is 1. The normalized spacial score (nSPS) is 18.8. The number of ether oxygens (including phenoxy) is 1. The number of benzene rings is 2. The van der Waals surface area contributed by atoms with Crippen LogP contribution in [0.25, 0.3) is 21.9 Å². The first-order chi connectivity index (χ1) is 18.9. The van der Waals surface area contributed by atoms with Crippen molar-refractivity contribution in [2.45, 2.75) is 37.9 Å². The van der Waals surface area contributed by atoms with Gasteiger partial charge in [0.05, 0.1) is 25.0 Å². The van der Waals surface area contributed by atoms with Gasteiger partial charge in [-0.2, -0.15) is 9.97 Å². The number of halogens is 1. The largest absolute Gasteiger partial charge is 0.508 e. The topological polar surface area (TPSA) is 91.6 Å². The number of anilines is 1. The first-order valence-electron chi connectivity index (χ1n) is 13.3. The highest BCUT2D eigenvalue weighted by Crippen LogP contribution is 2.32. The van der Waals surface area contributed by atoms with Gasteiger partial charge in [0.1, 0.15) is 11.6 Å². The fraction of sp³-hybridized carbons (Fsp3) is 0.414. The van der Waals surface area contributed by atoms with Gasteiger partial charge in [-0.05, 0) is 62.5 Å². The molecule has 0 radical (unpaired) electrons. The summed E-state index contributed by atoms with van der Waals surface area (Å²) in [5.74, 6) is 3.15. The molecule has 2 aromatic carbocycles. The minimum Gasteiger partial charge on any atom is -0.508 e. The summed E-state index contributed by atoms with van der Waals surface area (Å²) in [4.78, 5) is 18.7. The van der Waals surface area contributed by atoms with Crippen LogP contribution in [0.5, 0.6) is 11.6 Å². The Morgan fingerprint density at radius 2 is 2.00 bits per heavy atom. The lowest BCUT2D eigenvalue weighted by Gasteiger charge is -2.33. The average Bonchev–Trinajstić information content (AvgIpc) is 3.48. The standard InChI is InChI=1S/C29H32FN7O2/c1-4-23-24(30)9-6-18-12-22(38)13-19(25(18)23)14-37-17-31-26-27(37)33-29(34-28(26)39-11-5-10-35(2)3)36-15-20-7-8-21(16-36)32-20/h1,6,9,12-13,17,20-21,32,38H,5,7-8,10-11,14-16H2,2-3H3. The zero-order valence-corrected chi connectivity index (χ0v) is 22.2. The monoisotopic (exact) mass is 529 g/mol. The lowest BCUT2D eigenvalue weighted by Crippen LogP contribution is -2.51. The van der Waals surface area contributed by atoms with Gasteiger partial charge in [0, 0.05) is 37.1 Å². The molecule has 4 heterocycles. The average molecular weight is 530 g/mol. The van der Waals surface area contributed by atoms with E-state index in [9.17, 15) is 9.50 Å². The van der Waals surface area contributed by atoms with Crippen molar-refractivity contribution in [2.24, 2.45) is 0 Å². The Labute approximate surface area is 226 Å². The number of nitrogens with zero attached hydrogens (tertiary/aromatic N) is 6. The molecule has 10 heteroatoms. The summed E-state index contributed by atoms with van der Waals surface area (Å²) in [5.41, 5.74) is 2.02. The molecule has 0 spiro atoms. The molecule has 2 bridgehead atoms. The van der Waals surface area contributed by atoms with Crippen LogP contribution in [0, 0.1) is 18.2 Å². The molecule has 4 aromatic rings. The molecular weight excluding hydrogens is 497 g/mol. The highest BCUT2D eigenvalue weighted by atomic mass is 19.1. The number of piperazine rings is 1. The Balaban J connectivity index is 1.41. The predicted octanol–water partition coefficient (Wildman–Crippen LogP) is 3.12. The van der Waals surface area contributed by atoms with Gasteiger partial charge >= 0.3 is 0 Å². The second kappa shape index (κ2) is 10.3. The smallest absolute Gasteiger partial charge is 0.247 e. The maximum atomic E-state index is 14.6. The van der Waals surface area contributed by atoms with Crippen molar-refractivity contribution >= 4 is 27.9 Å². The SMILES string of the molecule is C#Cc1c(F)ccc2cc(O)cc(Cn3cnc4c(OCCCN(C)C)nc(N5CC6CCC(C5)N6)nc43)c12. The van der Waals surface area contributed by atoms with Gasteiger partial charge in [-0.3, -0.25) is 0 Å². The number of aromatic nitrogens is 4. The summed E-state index contributed by atoms with van der Waals surface area (Å²) in [5, 5.41) is 15.3. The molecule has 6 rings (SSSR count). The van der Waals surface area contributed by atoms with Gasteiger partial charge < -0.3 is 29.5 Å². The van der Waals surface area contributed by atoms with Crippen molar-refractivity contribution in [3.8, 4) is 24.0 Å². The summed E-state index contributed by atoms with van der Waals surface area (Å²) in [6, 6.07) is 7.00. The second-order valence-electron chi connectivity index (χ2n) is 10.7. The molecule has 202 valence electrons. The van der Waals surface area contributed by atoms with E-state index in [4.69, 9.17) is 21.1 Å². The van der Waals surface area contributed by atoms with Crippen LogP contribution in [0.15, 0.2) is 30.6 Å². The van der Waals surface area contributed by atoms with Gasteiger partial charge in [-0.15, -0.1) is 6.42 Å². The van der Waals surface area contributed by atoms with Crippen LogP contribution in [0.2, 0.25) is 0 Å². The van der Waals surface area contributed by atoms with Crippen LogP contribution in [-0.4, -0.2) is 81.9 Å². The zero-order valence-electron chi connectivity index (χ0n) is 22.2. The van der Waals surface area contributed by atoms with Crippen LogP contribution in [0.3, 0.4) is 0 Å². The molecule has 0 aliphatic carbocycles. The number of phenols is 1. The van der Waals surface area contributed by atoms with Gasteiger partial charge in [-0.1, -0.05) is 12.0 Å². The van der Waals surface area contributed by atoms with Crippen molar-refractivity contribution < 1.29 is 14.2 Å². The van der Waals surface area contributed by atoms with E-state index in [0.29, 0.717) is 58.0 Å². The Kier molecular flexibility index (Phi) is 6.71. The summed E-state index contributed by atoms with van der Waals surface area (Å²) in [6.07, 6.45) is 10.5. The Morgan fingerprint density at radius 3 is 2.74 bits per heavy atom. The van der Waals surface area contributed by atoms with Gasteiger partial charge in [0.15, 0.2) is 11.2 Å². The van der Waals surface area contributed by atoms with Crippen LogP contribution in [0.1, 0.15) is 30.4 Å². The molecule has 2 aliphatic heterocycles. The Bertz CT molecular complexity index is 1570. The van der Waals surface area contributed by atoms with Crippen molar-refractivity contribution in [3.63, 3.8) is 0 Å². The zero-order chi connectivity index (χ0) is 27.1. The molecule has 2 fully saturated rings. The molecule has 2 unspecified atom stereocenters. The predicted molar refractivity (Wildman–Crippen MR) is 149 cm³/mol. The molecule has 39 heavy (non-hydrogen) atoms. The Hall–Kier alpha value is -3.94. The molecule has 2 atom stereocenters. The van der Waals surface area contributed by atoms with E-state index in [1.807, 2.05) is 18.7 Å². The molecule has 2 aliphatic rings. The molecule has 2 aromatic heterocycles. The van der Waals surface area contributed by atoms with Crippen LogP contribution in [0.4, 0.5) is 10.3 Å². The van der Waals surface area contributed by atoms with E-state index in [1.165, 1.54) is 6.07 Å². The van der Waals surface area contributed by atoms with Crippen molar-refractivity contribution in [2.75, 3.05) is 45.2 Å². The molecule has 2 saturated heterocycles. The number of rotatable bonds is 8. The summed E-state index contributed by atoms with van der Waals surface area (Å²) >= 11 is 0. The molecular formula is C29H32FN7O2. The minimum absolute atomic E-state index is 0.0769. The lowest BCUT2D eigenvalue weighted by atomic mass is 9.98. The van der Waals surface area contributed by atoms with E-state index in [0.717, 1.165) is 38.9 Å². The van der Waals surface area contributed by atoms with Crippen molar-refractivity contribution in [3.05, 3.63) is 47.5 Å². The number of fused-ring (bicyclic) bond motifs is 4.